The Hall–Kier alpha value is -2.87. The lowest BCUT2D eigenvalue weighted by molar-refractivity contribution is 0.377. The van der Waals surface area contributed by atoms with E-state index in [2.05, 4.69) is 44.4 Å². The fraction of sp³-hybridized carbons (Fsp3) is 0.476. The Bertz CT molecular complexity index is 1030. The second-order valence-corrected chi connectivity index (χ2v) is 7.75. The highest BCUT2D eigenvalue weighted by atomic mass is 16.5. The summed E-state index contributed by atoms with van der Waals surface area (Å²) in [6.45, 7) is 7.92. The van der Waals surface area contributed by atoms with E-state index in [1.165, 1.54) is 22.2 Å². The molecule has 8 nitrogen and oxygen atoms in total. The third kappa shape index (κ3) is 3.27. The average molecular weight is 393 g/mol. The number of anilines is 2. The minimum Gasteiger partial charge on any atom is -0.467 e. The summed E-state index contributed by atoms with van der Waals surface area (Å²) in [4.78, 5) is 14.3. The first-order valence-electron chi connectivity index (χ1n) is 10.3. The van der Waals surface area contributed by atoms with Crippen LogP contribution in [0, 0.1) is 6.92 Å². The maximum Gasteiger partial charge on any atom is 0.318 e. The number of methoxy groups -OCH3 is 1. The number of hydrogen-bond donors (Lipinski definition) is 2. The summed E-state index contributed by atoms with van der Waals surface area (Å²) in [5.74, 6) is 1.05. The molecule has 1 fully saturated rings. The summed E-state index contributed by atoms with van der Waals surface area (Å²) in [6, 6.07) is 4.74. The van der Waals surface area contributed by atoms with Crippen LogP contribution in [0.1, 0.15) is 16.8 Å². The standard InChI is InChI=1S/C21H27N7O/c1-14-3-4-18-16(13-23-26-18)19(14)27-9-5-15-17(6-10-27)24-21(29-2)25-20(15)28-11-7-22-8-12-28/h3-4,13,22H,5-12H2,1-2H3,(H,23,26). The van der Waals surface area contributed by atoms with Gasteiger partial charge in [0.15, 0.2) is 0 Å². The molecule has 8 heteroatoms. The predicted molar refractivity (Wildman–Crippen MR) is 114 cm³/mol. The van der Waals surface area contributed by atoms with Gasteiger partial charge in [-0.3, -0.25) is 5.10 Å². The van der Waals surface area contributed by atoms with Crippen LogP contribution in [-0.4, -0.2) is 66.5 Å². The molecule has 0 radical (unpaired) electrons. The highest BCUT2D eigenvalue weighted by molar-refractivity contribution is 5.93. The number of H-pyrrole nitrogens is 1. The molecule has 0 amide bonds. The number of aromatic amines is 1. The first-order valence-corrected chi connectivity index (χ1v) is 10.3. The number of piperazine rings is 1. The molecule has 5 rings (SSSR count). The predicted octanol–water partition coefficient (Wildman–Crippen LogP) is 1.68. The summed E-state index contributed by atoms with van der Waals surface area (Å²) in [6.07, 6.45) is 3.73. The number of fused-ring (bicyclic) bond motifs is 2. The summed E-state index contributed by atoms with van der Waals surface area (Å²) < 4.78 is 5.44. The number of aromatic nitrogens is 4. The Balaban J connectivity index is 1.51. The van der Waals surface area contributed by atoms with Gasteiger partial charge in [-0.25, -0.2) is 0 Å². The van der Waals surface area contributed by atoms with Gasteiger partial charge in [-0.2, -0.15) is 15.1 Å². The quantitative estimate of drug-likeness (QED) is 0.701. The van der Waals surface area contributed by atoms with Gasteiger partial charge in [-0.1, -0.05) is 6.07 Å². The number of aryl methyl sites for hydroxylation is 1. The molecule has 29 heavy (non-hydrogen) atoms. The Kier molecular flexibility index (Phi) is 4.71. The van der Waals surface area contributed by atoms with Crippen molar-refractivity contribution in [3.8, 4) is 6.01 Å². The van der Waals surface area contributed by atoms with E-state index in [9.17, 15) is 0 Å². The molecule has 3 aromatic rings. The maximum absolute atomic E-state index is 5.44. The Morgan fingerprint density at radius 3 is 2.66 bits per heavy atom. The number of nitrogens with one attached hydrogen (secondary N) is 2. The smallest absolute Gasteiger partial charge is 0.318 e. The molecule has 0 unspecified atom stereocenters. The van der Waals surface area contributed by atoms with E-state index >= 15 is 0 Å². The normalized spacial score (nSPS) is 17.3. The van der Waals surface area contributed by atoms with Crippen molar-refractivity contribution in [1.29, 1.82) is 0 Å². The van der Waals surface area contributed by atoms with E-state index in [1.807, 2.05) is 6.20 Å². The second kappa shape index (κ2) is 7.51. The number of nitrogens with zero attached hydrogens (tertiary/aromatic N) is 5. The molecule has 0 saturated carbocycles. The van der Waals surface area contributed by atoms with Crippen molar-refractivity contribution in [3.63, 3.8) is 0 Å². The van der Waals surface area contributed by atoms with E-state index in [1.54, 1.807) is 7.11 Å². The molecular formula is C21H27N7O. The number of benzene rings is 1. The lowest BCUT2D eigenvalue weighted by atomic mass is 10.1. The highest BCUT2D eigenvalue weighted by Crippen LogP contribution is 2.33. The van der Waals surface area contributed by atoms with Crippen molar-refractivity contribution in [1.82, 2.24) is 25.5 Å². The topological polar surface area (TPSA) is 82.2 Å². The number of ether oxygens (including phenoxy) is 1. The van der Waals surface area contributed by atoms with Crippen LogP contribution < -0.4 is 19.9 Å². The molecule has 1 saturated heterocycles. The molecule has 0 aliphatic carbocycles. The molecule has 1 aromatic carbocycles. The molecule has 2 aliphatic rings. The molecule has 2 N–H and O–H groups in total. The lowest BCUT2D eigenvalue weighted by Gasteiger charge is -2.30. The monoisotopic (exact) mass is 393 g/mol. The van der Waals surface area contributed by atoms with Crippen molar-refractivity contribution < 1.29 is 4.74 Å². The van der Waals surface area contributed by atoms with Gasteiger partial charge >= 0.3 is 6.01 Å². The summed E-state index contributed by atoms with van der Waals surface area (Å²) in [5.41, 5.74) is 6.01. The van der Waals surface area contributed by atoms with Crippen LogP contribution in [-0.2, 0) is 12.8 Å². The zero-order valence-electron chi connectivity index (χ0n) is 17.0. The molecule has 152 valence electrons. The molecule has 0 atom stereocenters. The van der Waals surface area contributed by atoms with Gasteiger partial charge in [0, 0.05) is 56.6 Å². The second-order valence-electron chi connectivity index (χ2n) is 7.75. The van der Waals surface area contributed by atoms with Crippen LogP contribution in [0.4, 0.5) is 11.5 Å². The minimum absolute atomic E-state index is 0.471. The van der Waals surface area contributed by atoms with Gasteiger partial charge in [0.1, 0.15) is 5.82 Å². The lowest BCUT2D eigenvalue weighted by Crippen LogP contribution is -2.44. The highest BCUT2D eigenvalue weighted by Gasteiger charge is 2.25. The summed E-state index contributed by atoms with van der Waals surface area (Å²) in [5, 5.41) is 12.0. The van der Waals surface area contributed by atoms with Crippen LogP contribution in [0.3, 0.4) is 0 Å². The molecule has 2 aromatic heterocycles. The zero-order valence-corrected chi connectivity index (χ0v) is 17.0. The van der Waals surface area contributed by atoms with E-state index in [-0.39, 0.29) is 0 Å². The van der Waals surface area contributed by atoms with Gasteiger partial charge in [0.2, 0.25) is 0 Å². The van der Waals surface area contributed by atoms with Gasteiger partial charge in [-0.05, 0) is 25.0 Å². The number of rotatable bonds is 3. The van der Waals surface area contributed by atoms with Crippen LogP contribution in [0.15, 0.2) is 18.3 Å². The third-order valence-corrected chi connectivity index (χ3v) is 6.01. The fourth-order valence-corrected chi connectivity index (χ4v) is 4.54. The van der Waals surface area contributed by atoms with Crippen molar-refractivity contribution in [2.75, 3.05) is 56.2 Å². The van der Waals surface area contributed by atoms with Crippen LogP contribution in [0.25, 0.3) is 10.9 Å². The van der Waals surface area contributed by atoms with Crippen molar-refractivity contribution in [2.24, 2.45) is 0 Å². The van der Waals surface area contributed by atoms with Crippen LogP contribution in [0.5, 0.6) is 6.01 Å². The zero-order chi connectivity index (χ0) is 19.8. The van der Waals surface area contributed by atoms with E-state index in [0.717, 1.165) is 69.1 Å². The van der Waals surface area contributed by atoms with E-state index in [0.29, 0.717) is 6.01 Å². The summed E-state index contributed by atoms with van der Waals surface area (Å²) in [7, 11) is 1.65. The van der Waals surface area contributed by atoms with Crippen LogP contribution >= 0.6 is 0 Å². The Labute approximate surface area is 170 Å². The Morgan fingerprint density at radius 1 is 1.00 bits per heavy atom. The molecule has 0 bridgehead atoms. The average Bonchev–Trinajstić information content (AvgIpc) is 3.13. The Morgan fingerprint density at radius 2 is 1.83 bits per heavy atom. The molecular weight excluding hydrogens is 366 g/mol. The van der Waals surface area contributed by atoms with E-state index in [4.69, 9.17) is 14.7 Å². The van der Waals surface area contributed by atoms with Crippen molar-refractivity contribution in [3.05, 3.63) is 35.2 Å². The van der Waals surface area contributed by atoms with Gasteiger partial charge in [0.25, 0.3) is 0 Å². The van der Waals surface area contributed by atoms with Crippen LogP contribution in [0.2, 0.25) is 0 Å². The minimum atomic E-state index is 0.471. The molecule has 0 spiro atoms. The van der Waals surface area contributed by atoms with Crippen molar-refractivity contribution >= 4 is 22.4 Å². The first-order chi connectivity index (χ1) is 14.2. The number of hydrogen-bond acceptors (Lipinski definition) is 7. The largest absolute Gasteiger partial charge is 0.467 e. The first kappa shape index (κ1) is 18.2. The van der Waals surface area contributed by atoms with Gasteiger partial charge in [0.05, 0.1) is 30.2 Å². The maximum atomic E-state index is 5.44. The molecule has 2 aliphatic heterocycles. The van der Waals surface area contributed by atoms with Gasteiger partial charge in [-0.15, -0.1) is 0 Å². The van der Waals surface area contributed by atoms with E-state index < -0.39 is 0 Å². The molecule has 4 heterocycles. The van der Waals surface area contributed by atoms with Gasteiger partial charge < -0.3 is 19.9 Å². The third-order valence-electron chi connectivity index (χ3n) is 6.01. The van der Waals surface area contributed by atoms with Crippen molar-refractivity contribution in [2.45, 2.75) is 19.8 Å². The summed E-state index contributed by atoms with van der Waals surface area (Å²) >= 11 is 0. The fourth-order valence-electron chi connectivity index (χ4n) is 4.54. The SMILES string of the molecule is COc1nc2c(c(N3CCNCC3)n1)CCN(c1c(C)ccc3[nH]ncc13)CC2.